The molecule has 7 nitrogen and oxygen atoms in total. The third-order valence-corrected chi connectivity index (χ3v) is 5.09. The van der Waals surface area contributed by atoms with Crippen molar-refractivity contribution in [2.24, 2.45) is 0 Å². The minimum atomic E-state index is -0.463. The molecular formula is C22H23ClN4O3. The van der Waals surface area contributed by atoms with Crippen molar-refractivity contribution in [1.82, 2.24) is 9.78 Å². The van der Waals surface area contributed by atoms with E-state index in [1.807, 2.05) is 30.7 Å². The van der Waals surface area contributed by atoms with E-state index in [-0.39, 0.29) is 12.3 Å². The smallest absolute Gasteiger partial charge is 0.413 e. The minimum absolute atomic E-state index is 0.147. The first kappa shape index (κ1) is 21.4. The summed E-state index contributed by atoms with van der Waals surface area (Å²) in [7, 11) is 2.94. The maximum absolute atomic E-state index is 12.6. The van der Waals surface area contributed by atoms with Crippen LogP contribution in [-0.4, -0.2) is 35.9 Å². The van der Waals surface area contributed by atoms with Crippen molar-refractivity contribution in [2.45, 2.75) is 20.3 Å². The Balaban J connectivity index is 1.71. The molecule has 3 rings (SSSR count). The van der Waals surface area contributed by atoms with Gasteiger partial charge in [-0.25, -0.2) is 9.48 Å². The molecule has 1 aromatic heterocycles. The van der Waals surface area contributed by atoms with E-state index in [1.165, 1.54) is 12.0 Å². The largest absolute Gasteiger partial charge is 0.452 e. The summed E-state index contributed by atoms with van der Waals surface area (Å²) in [6.45, 7) is 3.83. The van der Waals surface area contributed by atoms with Crippen LogP contribution < -0.4 is 10.2 Å². The first-order chi connectivity index (χ1) is 14.3. The number of carbonyl (C=O) groups is 2. The van der Waals surface area contributed by atoms with E-state index in [2.05, 4.69) is 10.4 Å². The normalized spacial score (nSPS) is 10.6. The standard InChI is InChI=1S/C22H23ClN4O3/c1-14-20(15(2)27(25-14)19-9-5-16(23)6-10-19)13-21(28)24-17-7-11-18(12-8-17)26(3)22(29)30-4/h5-12H,13H2,1-4H3,(H,24,28). The number of benzene rings is 2. The molecule has 30 heavy (non-hydrogen) atoms. The van der Waals surface area contributed by atoms with E-state index < -0.39 is 6.09 Å². The van der Waals surface area contributed by atoms with Gasteiger partial charge < -0.3 is 10.1 Å². The molecule has 0 aliphatic heterocycles. The number of hydrogen-bond donors (Lipinski definition) is 1. The van der Waals surface area contributed by atoms with E-state index in [9.17, 15) is 9.59 Å². The Labute approximate surface area is 180 Å². The lowest BCUT2D eigenvalue weighted by Gasteiger charge is -2.16. The average Bonchev–Trinajstić information content (AvgIpc) is 3.02. The number of hydrogen-bond acceptors (Lipinski definition) is 4. The summed E-state index contributed by atoms with van der Waals surface area (Å²) in [6.07, 6.45) is -0.259. The molecule has 0 aliphatic carbocycles. The Morgan fingerprint density at radius 3 is 2.33 bits per heavy atom. The lowest BCUT2D eigenvalue weighted by atomic mass is 10.1. The van der Waals surface area contributed by atoms with Crippen molar-refractivity contribution < 1.29 is 14.3 Å². The first-order valence-corrected chi connectivity index (χ1v) is 9.70. The van der Waals surface area contributed by atoms with Crippen LogP contribution in [0.25, 0.3) is 5.69 Å². The highest BCUT2D eigenvalue weighted by atomic mass is 35.5. The van der Waals surface area contributed by atoms with Crippen LogP contribution >= 0.6 is 11.6 Å². The molecule has 0 spiro atoms. The number of ether oxygens (including phenoxy) is 1. The molecule has 2 aromatic carbocycles. The van der Waals surface area contributed by atoms with E-state index in [0.717, 1.165) is 22.6 Å². The second-order valence-corrected chi connectivity index (χ2v) is 7.27. The molecule has 0 aliphatic rings. The minimum Gasteiger partial charge on any atom is -0.452 e. The number of nitrogens with zero attached hydrogens (tertiary/aromatic N) is 3. The molecule has 0 atom stereocenters. The fourth-order valence-electron chi connectivity index (χ4n) is 3.14. The SMILES string of the molecule is COC(=O)N(C)c1ccc(NC(=O)Cc2c(C)nn(-c3ccc(Cl)cc3)c2C)cc1. The fraction of sp³-hybridized carbons (Fsp3) is 0.227. The molecule has 1 heterocycles. The maximum Gasteiger partial charge on any atom is 0.413 e. The number of nitrogens with one attached hydrogen (secondary N) is 1. The Hall–Kier alpha value is -3.32. The van der Waals surface area contributed by atoms with Crippen molar-refractivity contribution >= 4 is 35.0 Å². The molecule has 0 saturated carbocycles. The zero-order valence-corrected chi connectivity index (χ0v) is 18.0. The van der Waals surface area contributed by atoms with Gasteiger partial charge in [-0.2, -0.15) is 5.10 Å². The Morgan fingerprint density at radius 1 is 1.10 bits per heavy atom. The predicted octanol–water partition coefficient (Wildman–Crippen LogP) is 4.53. The summed E-state index contributed by atoms with van der Waals surface area (Å²) in [4.78, 5) is 25.6. The molecule has 0 saturated heterocycles. The number of carbonyl (C=O) groups excluding carboxylic acids is 2. The number of aryl methyl sites for hydroxylation is 1. The third-order valence-electron chi connectivity index (χ3n) is 4.84. The maximum atomic E-state index is 12.6. The lowest BCUT2D eigenvalue weighted by molar-refractivity contribution is -0.115. The van der Waals surface area contributed by atoms with Gasteiger partial charge in [0, 0.05) is 34.7 Å². The van der Waals surface area contributed by atoms with Gasteiger partial charge in [0.2, 0.25) is 5.91 Å². The van der Waals surface area contributed by atoms with E-state index in [0.29, 0.717) is 16.4 Å². The average molecular weight is 427 g/mol. The Bertz CT molecular complexity index is 1060. The van der Waals surface area contributed by atoms with Gasteiger partial charge in [0.05, 0.1) is 24.9 Å². The van der Waals surface area contributed by atoms with E-state index >= 15 is 0 Å². The number of methoxy groups -OCH3 is 1. The highest BCUT2D eigenvalue weighted by molar-refractivity contribution is 6.30. The second-order valence-electron chi connectivity index (χ2n) is 6.84. The van der Waals surface area contributed by atoms with Crippen LogP contribution in [0.2, 0.25) is 5.02 Å². The monoisotopic (exact) mass is 426 g/mol. The highest BCUT2D eigenvalue weighted by Crippen LogP contribution is 2.21. The van der Waals surface area contributed by atoms with Gasteiger partial charge in [0.25, 0.3) is 0 Å². The van der Waals surface area contributed by atoms with Crippen LogP contribution in [0.5, 0.6) is 0 Å². The van der Waals surface area contributed by atoms with Gasteiger partial charge in [0.15, 0.2) is 0 Å². The molecule has 0 radical (unpaired) electrons. The summed E-state index contributed by atoms with van der Waals surface area (Å²) < 4.78 is 6.50. The van der Waals surface area contributed by atoms with Crippen LogP contribution in [0.4, 0.5) is 16.2 Å². The van der Waals surface area contributed by atoms with Crippen molar-refractivity contribution in [2.75, 3.05) is 24.4 Å². The van der Waals surface area contributed by atoms with Gasteiger partial charge in [-0.3, -0.25) is 9.69 Å². The Kier molecular flexibility index (Phi) is 6.42. The molecule has 1 N–H and O–H groups in total. The summed E-state index contributed by atoms with van der Waals surface area (Å²) in [5.74, 6) is -0.147. The number of anilines is 2. The van der Waals surface area contributed by atoms with Crippen LogP contribution in [0.1, 0.15) is 17.0 Å². The fourth-order valence-corrected chi connectivity index (χ4v) is 3.27. The quantitative estimate of drug-likeness (QED) is 0.650. The van der Waals surface area contributed by atoms with Crippen LogP contribution in [0.15, 0.2) is 48.5 Å². The lowest BCUT2D eigenvalue weighted by Crippen LogP contribution is -2.25. The first-order valence-electron chi connectivity index (χ1n) is 9.32. The second kappa shape index (κ2) is 9.00. The number of rotatable bonds is 5. The Morgan fingerprint density at radius 2 is 1.73 bits per heavy atom. The highest BCUT2D eigenvalue weighted by Gasteiger charge is 2.16. The summed E-state index contributed by atoms with van der Waals surface area (Å²) in [5.41, 5.74) is 4.77. The topological polar surface area (TPSA) is 76.5 Å². The van der Waals surface area contributed by atoms with E-state index in [4.69, 9.17) is 16.3 Å². The zero-order valence-electron chi connectivity index (χ0n) is 17.3. The summed E-state index contributed by atoms with van der Waals surface area (Å²) in [6, 6.07) is 14.3. The molecule has 0 unspecified atom stereocenters. The van der Waals surface area contributed by atoms with Gasteiger partial charge >= 0.3 is 6.09 Å². The molecule has 2 amide bonds. The molecule has 8 heteroatoms. The van der Waals surface area contributed by atoms with Gasteiger partial charge in [-0.1, -0.05) is 11.6 Å². The summed E-state index contributed by atoms with van der Waals surface area (Å²) in [5, 5.41) is 8.11. The van der Waals surface area contributed by atoms with Crippen molar-refractivity contribution in [3.05, 3.63) is 70.5 Å². The molecule has 0 bridgehead atoms. The van der Waals surface area contributed by atoms with Crippen LogP contribution in [-0.2, 0) is 16.0 Å². The van der Waals surface area contributed by atoms with Crippen molar-refractivity contribution in [3.63, 3.8) is 0 Å². The molecule has 0 fully saturated rings. The van der Waals surface area contributed by atoms with Crippen molar-refractivity contribution in [1.29, 1.82) is 0 Å². The van der Waals surface area contributed by atoms with Crippen LogP contribution in [0.3, 0.4) is 0 Å². The third kappa shape index (κ3) is 4.63. The van der Waals surface area contributed by atoms with Gasteiger partial charge in [0.1, 0.15) is 0 Å². The number of halogens is 1. The zero-order chi connectivity index (χ0) is 21.8. The van der Waals surface area contributed by atoms with Gasteiger partial charge in [-0.05, 0) is 62.4 Å². The predicted molar refractivity (Wildman–Crippen MR) is 118 cm³/mol. The number of aromatic nitrogens is 2. The van der Waals surface area contributed by atoms with Crippen molar-refractivity contribution in [3.8, 4) is 5.69 Å². The van der Waals surface area contributed by atoms with Gasteiger partial charge in [-0.15, -0.1) is 0 Å². The van der Waals surface area contributed by atoms with Crippen LogP contribution in [0, 0.1) is 13.8 Å². The van der Waals surface area contributed by atoms with E-state index in [1.54, 1.807) is 43.4 Å². The summed E-state index contributed by atoms with van der Waals surface area (Å²) >= 11 is 5.96. The molecule has 156 valence electrons. The number of amides is 2. The molecule has 3 aromatic rings. The molecular weight excluding hydrogens is 404 g/mol.